The molecule has 2 aromatic carbocycles. The second-order valence-corrected chi connectivity index (χ2v) is 6.30. The molecule has 2 aromatic rings. The third-order valence-corrected chi connectivity index (χ3v) is 4.03. The number of hydrogen-bond acceptors (Lipinski definition) is 3. The number of anilines is 2. The Kier molecular flexibility index (Phi) is 5.16. The standard InChI is InChI=1S/C19H19F2N3O2/c1-11(18(25)24-17-9-4-13(20)10-16(17)21)22-14-5-2-12(3-6-14)19(26)23-15-7-8-15/h2-6,9-11,15,22H,7-8H2,1H3,(H,23,26)(H,24,25). The topological polar surface area (TPSA) is 70.2 Å². The molecule has 2 amide bonds. The zero-order valence-corrected chi connectivity index (χ0v) is 14.2. The molecule has 0 spiro atoms. The second kappa shape index (κ2) is 7.51. The van der Waals surface area contributed by atoms with Crippen molar-refractivity contribution in [2.45, 2.75) is 31.8 Å². The van der Waals surface area contributed by atoms with Crippen molar-refractivity contribution in [3.63, 3.8) is 0 Å². The van der Waals surface area contributed by atoms with Crippen LogP contribution in [0.15, 0.2) is 42.5 Å². The molecule has 1 atom stereocenters. The Bertz CT molecular complexity index is 820. The first-order chi connectivity index (χ1) is 12.4. The van der Waals surface area contributed by atoms with Crippen molar-refractivity contribution < 1.29 is 18.4 Å². The monoisotopic (exact) mass is 359 g/mol. The molecule has 1 saturated carbocycles. The molecule has 0 bridgehead atoms. The summed E-state index contributed by atoms with van der Waals surface area (Å²) in [5.74, 6) is -2.13. The molecule has 26 heavy (non-hydrogen) atoms. The van der Waals surface area contributed by atoms with Gasteiger partial charge in [0.05, 0.1) is 5.69 Å². The molecule has 0 heterocycles. The van der Waals surface area contributed by atoms with Gasteiger partial charge in [0.25, 0.3) is 5.91 Å². The van der Waals surface area contributed by atoms with Crippen LogP contribution in [0, 0.1) is 11.6 Å². The van der Waals surface area contributed by atoms with E-state index in [1.54, 1.807) is 31.2 Å². The number of halogens is 2. The maximum atomic E-state index is 13.6. The summed E-state index contributed by atoms with van der Waals surface area (Å²) in [6.07, 6.45) is 2.04. The van der Waals surface area contributed by atoms with Gasteiger partial charge in [0, 0.05) is 23.4 Å². The average Bonchev–Trinajstić information content (AvgIpc) is 3.41. The zero-order valence-electron chi connectivity index (χ0n) is 14.2. The van der Waals surface area contributed by atoms with Gasteiger partial charge in [-0.2, -0.15) is 0 Å². The number of amides is 2. The van der Waals surface area contributed by atoms with Crippen molar-refractivity contribution in [3.8, 4) is 0 Å². The lowest BCUT2D eigenvalue weighted by molar-refractivity contribution is -0.116. The van der Waals surface area contributed by atoms with Gasteiger partial charge < -0.3 is 16.0 Å². The molecule has 0 radical (unpaired) electrons. The molecular weight excluding hydrogens is 340 g/mol. The Balaban J connectivity index is 1.57. The predicted molar refractivity (Wildman–Crippen MR) is 95.0 cm³/mol. The highest BCUT2D eigenvalue weighted by Gasteiger charge is 2.23. The van der Waals surface area contributed by atoms with Gasteiger partial charge in [-0.3, -0.25) is 9.59 Å². The maximum Gasteiger partial charge on any atom is 0.251 e. The molecule has 3 rings (SSSR count). The van der Waals surface area contributed by atoms with Crippen LogP contribution in [0.2, 0.25) is 0 Å². The summed E-state index contributed by atoms with van der Waals surface area (Å²) >= 11 is 0. The quantitative estimate of drug-likeness (QED) is 0.741. The van der Waals surface area contributed by atoms with Crippen LogP contribution in [0.3, 0.4) is 0 Å². The minimum atomic E-state index is -0.837. The lowest BCUT2D eigenvalue weighted by Gasteiger charge is -2.16. The van der Waals surface area contributed by atoms with Crippen molar-refractivity contribution in [1.82, 2.24) is 5.32 Å². The number of nitrogens with one attached hydrogen (secondary N) is 3. The summed E-state index contributed by atoms with van der Waals surface area (Å²) in [7, 11) is 0. The fourth-order valence-corrected chi connectivity index (χ4v) is 2.36. The van der Waals surface area contributed by atoms with E-state index in [-0.39, 0.29) is 17.6 Å². The van der Waals surface area contributed by atoms with Gasteiger partial charge >= 0.3 is 0 Å². The Morgan fingerprint density at radius 3 is 2.38 bits per heavy atom. The summed E-state index contributed by atoms with van der Waals surface area (Å²) in [4.78, 5) is 24.1. The molecule has 1 aliphatic rings. The van der Waals surface area contributed by atoms with E-state index in [1.807, 2.05) is 0 Å². The largest absolute Gasteiger partial charge is 0.374 e. The van der Waals surface area contributed by atoms with Crippen molar-refractivity contribution in [1.29, 1.82) is 0 Å². The van der Waals surface area contributed by atoms with E-state index in [2.05, 4.69) is 16.0 Å². The van der Waals surface area contributed by atoms with Gasteiger partial charge in [-0.15, -0.1) is 0 Å². The van der Waals surface area contributed by atoms with Gasteiger partial charge in [-0.25, -0.2) is 8.78 Å². The summed E-state index contributed by atoms with van der Waals surface area (Å²) in [6, 6.07) is 9.31. The SMILES string of the molecule is CC(Nc1ccc(C(=O)NC2CC2)cc1)C(=O)Nc1ccc(F)cc1F. The van der Waals surface area contributed by atoms with Crippen LogP contribution >= 0.6 is 0 Å². The lowest BCUT2D eigenvalue weighted by atomic mass is 10.1. The van der Waals surface area contributed by atoms with E-state index in [4.69, 9.17) is 0 Å². The molecule has 0 aromatic heterocycles. The predicted octanol–water partition coefficient (Wildman–Crippen LogP) is 3.30. The Morgan fingerprint density at radius 2 is 1.77 bits per heavy atom. The van der Waals surface area contributed by atoms with Crippen molar-refractivity contribution in [2.24, 2.45) is 0 Å². The molecule has 0 aliphatic heterocycles. The highest BCUT2D eigenvalue weighted by atomic mass is 19.1. The summed E-state index contributed by atoms with van der Waals surface area (Å²) in [5.41, 5.74) is 1.11. The van der Waals surface area contributed by atoms with E-state index in [9.17, 15) is 18.4 Å². The number of rotatable bonds is 6. The number of carbonyl (C=O) groups excluding carboxylic acids is 2. The van der Waals surface area contributed by atoms with Crippen LogP contribution < -0.4 is 16.0 Å². The van der Waals surface area contributed by atoms with E-state index in [0.717, 1.165) is 18.9 Å². The minimum absolute atomic E-state index is 0.0860. The van der Waals surface area contributed by atoms with Gasteiger partial charge in [-0.1, -0.05) is 0 Å². The summed E-state index contributed by atoms with van der Waals surface area (Å²) in [6.45, 7) is 1.62. The Labute approximate surface area is 149 Å². The van der Waals surface area contributed by atoms with Crippen LogP contribution in [0.1, 0.15) is 30.1 Å². The van der Waals surface area contributed by atoms with Crippen LogP contribution in [0.4, 0.5) is 20.2 Å². The first-order valence-corrected chi connectivity index (χ1v) is 8.36. The lowest BCUT2D eigenvalue weighted by Crippen LogP contribution is -2.32. The second-order valence-electron chi connectivity index (χ2n) is 6.30. The molecule has 5 nitrogen and oxygen atoms in total. The van der Waals surface area contributed by atoms with Crippen molar-refractivity contribution in [2.75, 3.05) is 10.6 Å². The van der Waals surface area contributed by atoms with Gasteiger partial charge in [0.15, 0.2) is 0 Å². The number of benzene rings is 2. The fraction of sp³-hybridized carbons (Fsp3) is 0.263. The average molecular weight is 359 g/mol. The molecule has 1 unspecified atom stereocenters. The zero-order chi connectivity index (χ0) is 18.7. The highest BCUT2D eigenvalue weighted by molar-refractivity contribution is 5.97. The molecule has 1 aliphatic carbocycles. The van der Waals surface area contributed by atoms with Crippen LogP contribution in [-0.4, -0.2) is 23.9 Å². The van der Waals surface area contributed by atoms with Crippen LogP contribution in [0.5, 0.6) is 0 Å². The summed E-state index contributed by atoms with van der Waals surface area (Å²) in [5, 5.41) is 8.28. The first kappa shape index (κ1) is 17.8. The Morgan fingerprint density at radius 1 is 1.08 bits per heavy atom. The molecule has 3 N–H and O–H groups in total. The molecular formula is C19H19F2N3O2. The van der Waals surface area contributed by atoms with Gasteiger partial charge in [0.1, 0.15) is 17.7 Å². The van der Waals surface area contributed by atoms with Gasteiger partial charge in [0.2, 0.25) is 5.91 Å². The van der Waals surface area contributed by atoms with Crippen molar-refractivity contribution >= 4 is 23.2 Å². The molecule has 136 valence electrons. The number of carbonyl (C=O) groups is 2. The minimum Gasteiger partial charge on any atom is -0.374 e. The molecule has 1 fully saturated rings. The summed E-state index contributed by atoms with van der Waals surface area (Å²) < 4.78 is 26.5. The maximum absolute atomic E-state index is 13.6. The van der Waals surface area contributed by atoms with E-state index >= 15 is 0 Å². The molecule has 7 heteroatoms. The van der Waals surface area contributed by atoms with E-state index in [1.165, 1.54) is 6.07 Å². The van der Waals surface area contributed by atoms with E-state index < -0.39 is 23.6 Å². The Hall–Kier alpha value is -2.96. The van der Waals surface area contributed by atoms with Crippen LogP contribution in [-0.2, 0) is 4.79 Å². The van der Waals surface area contributed by atoms with Gasteiger partial charge in [-0.05, 0) is 56.2 Å². The third kappa shape index (κ3) is 4.56. The van der Waals surface area contributed by atoms with E-state index in [0.29, 0.717) is 17.3 Å². The fourth-order valence-electron chi connectivity index (χ4n) is 2.36. The third-order valence-electron chi connectivity index (χ3n) is 4.03. The smallest absolute Gasteiger partial charge is 0.251 e. The highest BCUT2D eigenvalue weighted by Crippen LogP contribution is 2.20. The molecule has 0 saturated heterocycles. The first-order valence-electron chi connectivity index (χ1n) is 8.36. The number of hydrogen-bond donors (Lipinski definition) is 3. The normalized spacial score (nSPS) is 14.4. The van der Waals surface area contributed by atoms with Crippen LogP contribution in [0.25, 0.3) is 0 Å². The van der Waals surface area contributed by atoms with Crippen molar-refractivity contribution in [3.05, 3.63) is 59.7 Å².